The number of hydrogen-bond acceptors (Lipinski definition) is 7. The molecular formula is C20H20FN7O4S. The smallest absolute Gasteiger partial charge is 0.321 e. The molecule has 4 aromatic rings. The molecule has 172 valence electrons. The highest BCUT2D eigenvalue weighted by Crippen LogP contribution is 2.32. The van der Waals surface area contributed by atoms with Crippen LogP contribution in [-0.2, 0) is 10.1 Å². The number of fused-ring (bicyclic) bond motifs is 1. The summed E-state index contributed by atoms with van der Waals surface area (Å²) in [6, 6.07) is 6.38. The molecule has 11 nitrogen and oxygen atoms in total. The number of anilines is 1. The van der Waals surface area contributed by atoms with E-state index in [-0.39, 0.29) is 12.0 Å². The van der Waals surface area contributed by atoms with Crippen molar-refractivity contribution in [1.29, 1.82) is 0 Å². The molecule has 0 unspecified atom stereocenters. The number of pyridine rings is 1. The van der Waals surface area contributed by atoms with E-state index in [9.17, 15) is 17.6 Å². The van der Waals surface area contributed by atoms with E-state index in [0.717, 1.165) is 11.8 Å². The molecule has 4 N–H and O–H groups in total. The summed E-state index contributed by atoms with van der Waals surface area (Å²) in [6.07, 6.45) is 6.70. The van der Waals surface area contributed by atoms with Crippen LogP contribution in [0.1, 0.15) is 6.92 Å². The Hall–Kier alpha value is -3.97. The van der Waals surface area contributed by atoms with Crippen LogP contribution in [0.15, 0.2) is 49.1 Å². The molecule has 1 aromatic carbocycles. The minimum Gasteiger partial charge on any atom is -0.338 e. The Kier molecular flexibility index (Phi) is 7.25. The van der Waals surface area contributed by atoms with Crippen LogP contribution in [0.4, 0.5) is 15.1 Å². The third-order valence-electron chi connectivity index (χ3n) is 4.00. The fourth-order valence-electron chi connectivity index (χ4n) is 2.83. The number of carbonyl (C=O) groups excluding carboxylic acids is 1. The van der Waals surface area contributed by atoms with Crippen molar-refractivity contribution in [3.63, 3.8) is 0 Å². The van der Waals surface area contributed by atoms with Crippen molar-refractivity contribution < 1.29 is 22.2 Å². The van der Waals surface area contributed by atoms with Crippen LogP contribution in [-0.4, -0.2) is 56.7 Å². The van der Waals surface area contributed by atoms with Gasteiger partial charge in [0.2, 0.25) is 5.95 Å². The highest BCUT2D eigenvalue weighted by molar-refractivity contribution is 7.85. The summed E-state index contributed by atoms with van der Waals surface area (Å²) in [6.45, 7) is 2.31. The van der Waals surface area contributed by atoms with E-state index >= 15 is 0 Å². The second-order valence-electron chi connectivity index (χ2n) is 6.69. The molecule has 0 spiro atoms. The van der Waals surface area contributed by atoms with Crippen molar-refractivity contribution in [2.45, 2.75) is 6.92 Å². The molecule has 3 aromatic heterocycles. The molecule has 13 heteroatoms. The lowest BCUT2D eigenvalue weighted by atomic mass is 10.0. The number of halogens is 1. The minimum atomic E-state index is -3.67. The van der Waals surface area contributed by atoms with E-state index in [2.05, 4.69) is 35.6 Å². The number of H-pyrrole nitrogens is 1. The number of aromatic nitrogens is 5. The molecule has 0 fully saturated rings. The summed E-state index contributed by atoms with van der Waals surface area (Å²) < 4.78 is 39.5. The molecule has 0 atom stereocenters. The van der Waals surface area contributed by atoms with Gasteiger partial charge in [0.25, 0.3) is 10.1 Å². The number of nitrogens with one attached hydrogen (secondary N) is 3. The lowest BCUT2D eigenvalue weighted by Crippen LogP contribution is -2.28. The zero-order valence-corrected chi connectivity index (χ0v) is 18.4. The number of rotatable bonds is 4. The molecule has 0 aliphatic carbocycles. The zero-order chi connectivity index (χ0) is 24.0. The highest BCUT2D eigenvalue weighted by Gasteiger charge is 2.15. The van der Waals surface area contributed by atoms with Gasteiger partial charge in [-0.15, -0.1) is 0 Å². The van der Waals surface area contributed by atoms with Gasteiger partial charge in [0.1, 0.15) is 11.3 Å². The van der Waals surface area contributed by atoms with Crippen molar-refractivity contribution >= 4 is 33.1 Å². The monoisotopic (exact) mass is 473 g/mol. The van der Waals surface area contributed by atoms with Crippen LogP contribution in [0.5, 0.6) is 0 Å². The lowest BCUT2D eigenvalue weighted by molar-refractivity contribution is 0.252. The molecule has 0 saturated carbocycles. The largest absolute Gasteiger partial charge is 0.338 e. The molecule has 4 rings (SSSR count). The first kappa shape index (κ1) is 23.7. The predicted molar refractivity (Wildman–Crippen MR) is 120 cm³/mol. The normalized spacial score (nSPS) is 10.9. The van der Waals surface area contributed by atoms with Crippen LogP contribution >= 0.6 is 0 Å². The van der Waals surface area contributed by atoms with Crippen LogP contribution in [0.3, 0.4) is 0 Å². The van der Waals surface area contributed by atoms with Gasteiger partial charge in [-0.2, -0.15) is 8.42 Å². The van der Waals surface area contributed by atoms with Gasteiger partial charge in [-0.05, 0) is 36.8 Å². The van der Waals surface area contributed by atoms with Crippen LogP contribution in [0.2, 0.25) is 0 Å². The van der Waals surface area contributed by atoms with E-state index in [1.165, 1.54) is 6.07 Å². The summed E-state index contributed by atoms with van der Waals surface area (Å²) in [5.41, 5.74) is 3.21. The van der Waals surface area contributed by atoms with E-state index in [0.29, 0.717) is 40.8 Å². The van der Waals surface area contributed by atoms with Gasteiger partial charge in [-0.3, -0.25) is 14.9 Å². The average Bonchev–Trinajstić information content (AvgIpc) is 3.14. The zero-order valence-electron chi connectivity index (χ0n) is 17.6. The summed E-state index contributed by atoms with van der Waals surface area (Å²) in [5.74, 6) is 0.320. The Balaban J connectivity index is 0.000000555. The van der Waals surface area contributed by atoms with E-state index in [4.69, 9.17) is 4.55 Å². The molecule has 3 heterocycles. The van der Waals surface area contributed by atoms with Crippen molar-refractivity contribution in [2.75, 3.05) is 18.1 Å². The topological polar surface area (TPSA) is 163 Å². The molecule has 0 aliphatic rings. The minimum absolute atomic E-state index is 0.285. The number of urea groups is 1. The molecule has 0 aliphatic heterocycles. The maximum absolute atomic E-state index is 13.6. The molecule has 0 saturated heterocycles. The molecule has 0 bridgehead atoms. The number of benzene rings is 1. The summed E-state index contributed by atoms with van der Waals surface area (Å²) in [4.78, 5) is 31.9. The lowest BCUT2D eigenvalue weighted by Gasteiger charge is -2.06. The standard InChI is InChI=1S/C19H16FN7O.CH4O3S/c1-2-22-19(28)27-18-25-15-8-11(12-6-13(20)10-21-9-12)7-14(16(15)26-18)17-23-4-3-5-24-17;1-5(2,3)4/h3-10H,2H2,1H3,(H3,22,25,26,27,28);1H3,(H,2,3,4). The Bertz CT molecular complexity index is 1370. The fourth-order valence-corrected chi connectivity index (χ4v) is 2.83. The number of imidazole rings is 1. The second kappa shape index (κ2) is 10.1. The van der Waals surface area contributed by atoms with Crippen molar-refractivity contribution in [2.24, 2.45) is 0 Å². The summed E-state index contributed by atoms with van der Waals surface area (Å²) >= 11 is 0. The van der Waals surface area contributed by atoms with Gasteiger partial charge < -0.3 is 10.3 Å². The van der Waals surface area contributed by atoms with Gasteiger partial charge >= 0.3 is 6.03 Å². The average molecular weight is 473 g/mol. The van der Waals surface area contributed by atoms with Gasteiger partial charge in [0.05, 0.1) is 18.0 Å². The van der Waals surface area contributed by atoms with Gasteiger partial charge in [0.15, 0.2) is 5.82 Å². The number of aromatic amines is 1. The van der Waals surface area contributed by atoms with E-state index in [1.54, 1.807) is 24.7 Å². The second-order valence-corrected chi connectivity index (χ2v) is 8.15. The number of hydrogen-bond donors (Lipinski definition) is 4. The molecular weight excluding hydrogens is 453 g/mol. The Morgan fingerprint density at radius 1 is 1.15 bits per heavy atom. The Morgan fingerprint density at radius 2 is 1.85 bits per heavy atom. The summed E-state index contributed by atoms with van der Waals surface area (Å²) in [7, 11) is -3.67. The van der Waals surface area contributed by atoms with Gasteiger partial charge in [-0.25, -0.2) is 24.1 Å². The first-order valence-corrected chi connectivity index (χ1v) is 11.4. The Labute approximate surface area is 188 Å². The quantitative estimate of drug-likeness (QED) is 0.329. The van der Waals surface area contributed by atoms with Gasteiger partial charge in [-0.1, -0.05) is 0 Å². The number of carbonyl (C=O) groups is 1. The first-order chi connectivity index (χ1) is 15.6. The van der Waals surface area contributed by atoms with Gasteiger partial charge in [0, 0.05) is 36.3 Å². The molecule has 33 heavy (non-hydrogen) atoms. The number of nitrogens with zero attached hydrogens (tertiary/aromatic N) is 4. The number of amides is 2. The predicted octanol–water partition coefficient (Wildman–Crippen LogP) is 2.87. The summed E-state index contributed by atoms with van der Waals surface area (Å²) in [5, 5.41) is 5.29. The van der Waals surface area contributed by atoms with E-state index < -0.39 is 15.9 Å². The highest BCUT2D eigenvalue weighted by atomic mass is 32.2. The van der Waals surface area contributed by atoms with Crippen molar-refractivity contribution in [1.82, 2.24) is 30.2 Å². The third kappa shape index (κ3) is 6.75. The molecule has 2 amide bonds. The maximum Gasteiger partial charge on any atom is 0.321 e. The maximum atomic E-state index is 13.6. The fraction of sp³-hybridized carbons (Fsp3) is 0.150. The van der Waals surface area contributed by atoms with Crippen molar-refractivity contribution in [3.8, 4) is 22.5 Å². The first-order valence-electron chi connectivity index (χ1n) is 9.53. The Morgan fingerprint density at radius 3 is 2.48 bits per heavy atom. The van der Waals surface area contributed by atoms with Crippen molar-refractivity contribution in [3.05, 3.63) is 54.9 Å². The SMILES string of the molecule is CCNC(=O)Nc1nc2c(-c3ncccn3)cc(-c3cncc(F)c3)cc2[nH]1.CS(=O)(=O)O. The van der Waals surface area contributed by atoms with Crippen LogP contribution in [0.25, 0.3) is 33.5 Å². The van der Waals surface area contributed by atoms with E-state index in [1.807, 2.05) is 19.1 Å². The van der Waals surface area contributed by atoms with Crippen LogP contribution in [0, 0.1) is 5.82 Å². The molecule has 0 radical (unpaired) electrons. The van der Waals surface area contributed by atoms with Crippen LogP contribution < -0.4 is 10.6 Å². The third-order valence-corrected chi connectivity index (χ3v) is 4.00.